The predicted octanol–water partition coefficient (Wildman–Crippen LogP) is 6.67. The summed E-state index contributed by atoms with van der Waals surface area (Å²) in [5, 5.41) is 2.74. The minimum Gasteiger partial charge on any atom is -0.457 e. The Morgan fingerprint density at radius 1 is 0.950 bits per heavy atom. The van der Waals surface area contributed by atoms with E-state index in [9.17, 15) is 9.59 Å². The van der Waals surface area contributed by atoms with Gasteiger partial charge in [-0.25, -0.2) is 9.79 Å². The highest BCUT2D eigenvalue weighted by Gasteiger charge is 2.42. The number of thioether (sulfide) groups is 1. The van der Waals surface area contributed by atoms with Crippen LogP contribution in [0.5, 0.6) is 0 Å². The number of carbonyl (C=O) groups excluding carboxylic acids is 2. The van der Waals surface area contributed by atoms with Crippen molar-refractivity contribution in [3.8, 4) is 0 Å². The maximum atomic E-state index is 13.7. The van der Waals surface area contributed by atoms with E-state index in [1.54, 1.807) is 4.90 Å². The van der Waals surface area contributed by atoms with Crippen molar-refractivity contribution < 1.29 is 14.3 Å². The van der Waals surface area contributed by atoms with Gasteiger partial charge < -0.3 is 14.5 Å². The first-order valence-corrected chi connectivity index (χ1v) is 14.2. The largest absolute Gasteiger partial charge is 0.457 e. The van der Waals surface area contributed by atoms with E-state index >= 15 is 0 Å². The minimum atomic E-state index is -0.454. The fourth-order valence-corrected chi connectivity index (χ4v) is 5.98. The zero-order chi connectivity index (χ0) is 28.2. The molecule has 0 saturated heterocycles. The molecule has 0 bridgehead atoms. The molecule has 0 unspecified atom stereocenters. The predicted molar refractivity (Wildman–Crippen MR) is 160 cm³/mol. The summed E-state index contributed by atoms with van der Waals surface area (Å²) in [7, 11) is 1.82. The van der Waals surface area contributed by atoms with Crippen molar-refractivity contribution in [1.29, 1.82) is 0 Å². The van der Waals surface area contributed by atoms with Gasteiger partial charge in [-0.3, -0.25) is 4.79 Å². The highest BCUT2D eigenvalue weighted by atomic mass is 32.2. The number of carbonyl (C=O) groups is 2. The molecule has 0 fully saturated rings. The van der Waals surface area contributed by atoms with Crippen LogP contribution in [0.1, 0.15) is 47.2 Å². The third-order valence-electron chi connectivity index (χ3n) is 7.18. The second-order valence-electron chi connectivity index (χ2n) is 10.2. The van der Waals surface area contributed by atoms with Crippen LogP contribution in [-0.2, 0) is 27.5 Å². The van der Waals surface area contributed by atoms with Crippen molar-refractivity contribution in [2.75, 3.05) is 7.05 Å². The van der Waals surface area contributed by atoms with Crippen molar-refractivity contribution in [2.24, 2.45) is 4.99 Å². The Hall–Kier alpha value is -4.10. The fraction of sp³-hybridized carbons (Fsp3) is 0.242. The first-order chi connectivity index (χ1) is 19.3. The number of aryl methyl sites for hydroxylation is 2. The Kier molecular flexibility index (Phi) is 8.21. The molecule has 2 aliphatic heterocycles. The summed E-state index contributed by atoms with van der Waals surface area (Å²) in [5.74, 6) is -0.407. The van der Waals surface area contributed by atoms with Gasteiger partial charge in [0, 0.05) is 19.3 Å². The zero-order valence-electron chi connectivity index (χ0n) is 23.3. The molecule has 5 rings (SSSR count). The maximum absolute atomic E-state index is 13.7. The second kappa shape index (κ2) is 12.0. The van der Waals surface area contributed by atoms with E-state index in [0.29, 0.717) is 17.8 Å². The van der Waals surface area contributed by atoms with Crippen LogP contribution in [0.3, 0.4) is 0 Å². The number of hydrogen-bond donors (Lipinski definition) is 0. The summed E-state index contributed by atoms with van der Waals surface area (Å²) in [6.07, 6.45) is 0.197. The molecule has 0 aromatic heterocycles. The number of fused-ring (bicyclic) bond motifs is 1. The molecular weight excluding hydrogens is 518 g/mol. The van der Waals surface area contributed by atoms with Crippen LogP contribution < -0.4 is 0 Å². The first-order valence-electron chi connectivity index (χ1n) is 13.3. The Morgan fingerprint density at radius 2 is 1.62 bits per heavy atom. The second-order valence-corrected chi connectivity index (χ2v) is 11.1. The molecule has 2 heterocycles. The molecule has 40 heavy (non-hydrogen) atoms. The zero-order valence-corrected chi connectivity index (χ0v) is 24.1. The summed E-state index contributed by atoms with van der Waals surface area (Å²) in [6.45, 7) is 6.65. The third-order valence-corrected chi connectivity index (χ3v) is 8.07. The monoisotopic (exact) mass is 551 g/mol. The van der Waals surface area contributed by atoms with Crippen LogP contribution in [0.25, 0.3) is 0 Å². The molecule has 1 atom stereocenters. The van der Waals surface area contributed by atoms with E-state index in [0.717, 1.165) is 38.7 Å². The van der Waals surface area contributed by atoms with E-state index < -0.39 is 12.0 Å². The summed E-state index contributed by atoms with van der Waals surface area (Å²) < 4.78 is 5.84. The van der Waals surface area contributed by atoms with Gasteiger partial charge in [-0.05, 0) is 48.4 Å². The van der Waals surface area contributed by atoms with Crippen molar-refractivity contribution in [3.05, 3.63) is 129 Å². The maximum Gasteiger partial charge on any atom is 0.338 e. The van der Waals surface area contributed by atoms with Crippen LogP contribution in [-0.4, -0.2) is 33.9 Å². The summed E-state index contributed by atoms with van der Waals surface area (Å²) >= 11 is 1.49. The Labute approximate surface area is 240 Å². The van der Waals surface area contributed by atoms with Gasteiger partial charge in [0.15, 0.2) is 5.17 Å². The van der Waals surface area contributed by atoms with Gasteiger partial charge in [-0.1, -0.05) is 96.2 Å². The lowest BCUT2D eigenvalue weighted by molar-refractivity contribution is -0.141. The van der Waals surface area contributed by atoms with Gasteiger partial charge in [0.25, 0.3) is 0 Å². The Balaban J connectivity index is 1.45. The van der Waals surface area contributed by atoms with Crippen molar-refractivity contribution in [3.63, 3.8) is 0 Å². The van der Waals surface area contributed by atoms with Gasteiger partial charge >= 0.3 is 5.97 Å². The Morgan fingerprint density at radius 3 is 2.33 bits per heavy atom. The number of allylic oxidation sites excluding steroid dienone is 1. The molecular formula is C33H33N3O3S. The molecule has 2 aliphatic rings. The lowest BCUT2D eigenvalue weighted by Gasteiger charge is -2.37. The van der Waals surface area contributed by atoms with Crippen LogP contribution in [0.4, 0.5) is 0 Å². The molecule has 3 aromatic carbocycles. The highest BCUT2D eigenvalue weighted by molar-refractivity contribution is 8.16. The average Bonchev–Trinajstić information content (AvgIpc) is 3.35. The molecule has 0 spiro atoms. The lowest BCUT2D eigenvalue weighted by atomic mass is 9.90. The fourth-order valence-electron chi connectivity index (χ4n) is 5.02. The number of amides is 1. The van der Waals surface area contributed by atoms with Crippen LogP contribution in [0, 0.1) is 13.8 Å². The Bertz CT molecular complexity index is 1510. The molecule has 7 heteroatoms. The van der Waals surface area contributed by atoms with Crippen molar-refractivity contribution in [2.45, 2.75) is 46.4 Å². The molecule has 0 N–H and O–H groups in total. The summed E-state index contributed by atoms with van der Waals surface area (Å²) in [4.78, 5) is 35.7. The SMILES string of the molecule is CC1=C(C(=O)OCc2ccccc2)[C@@H](c2cc(C)ccc2C)N2C(CC(=O)N(C)Cc3ccccc3)=CSC2=N1. The van der Waals surface area contributed by atoms with Crippen molar-refractivity contribution >= 4 is 28.8 Å². The average molecular weight is 552 g/mol. The van der Waals surface area contributed by atoms with Gasteiger partial charge in [-0.15, -0.1) is 0 Å². The van der Waals surface area contributed by atoms with Gasteiger partial charge in [0.05, 0.1) is 23.7 Å². The molecule has 3 aromatic rings. The molecule has 0 saturated carbocycles. The standard InChI is InChI=1S/C33H33N3O3S/c1-22-15-16-23(2)28(17-22)31-30(32(38)39-20-26-13-9-6-10-14-26)24(3)34-33-36(31)27(21-40-33)18-29(37)35(4)19-25-11-7-5-8-12-25/h5-17,21,31H,18-20H2,1-4H3/t31-/m1/s1. The number of hydrogen-bond acceptors (Lipinski definition) is 6. The van der Waals surface area contributed by atoms with E-state index in [2.05, 4.69) is 18.2 Å². The van der Waals surface area contributed by atoms with E-state index in [1.807, 2.05) is 98.8 Å². The van der Waals surface area contributed by atoms with E-state index in [4.69, 9.17) is 9.73 Å². The topological polar surface area (TPSA) is 62.2 Å². The molecule has 1 amide bonds. The molecule has 0 aliphatic carbocycles. The lowest BCUT2D eigenvalue weighted by Crippen LogP contribution is -2.38. The summed E-state index contributed by atoms with van der Waals surface area (Å²) in [5.41, 5.74) is 7.08. The van der Waals surface area contributed by atoms with Gasteiger partial charge in [0.2, 0.25) is 5.91 Å². The quantitative estimate of drug-likeness (QED) is 0.293. The smallest absolute Gasteiger partial charge is 0.338 e. The molecule has 0 radical (unpaired) electrons. The highest BCUT2D eigenvalue weighted by Crippen LogP contribution is 2.46. The number of aliphatic imine (C=N–C) groups is 1. The molecule has 204 valence electrons. The summed E-state index contributed by atoms with van der Waals surface area (Å²) in [6, 6.07) is 25.4. The van der Waals surface area contributed by atoms with Crippen LogP contribution in [0.2, 0.25) is 0 Å². The van der Waals surface area contributed by atoms with Gasteiger partial charge in [0.1, 0.15) is 6.61 Å². The normalized spacial score (nSPS) is 16.3. The third kappa shape index (κ3) is 5.89. The molecule has 6 nitrogen and oxygen atoms in total. The number of nitrogens with zero attached hydrogens (tertiary/aromatic N) is 3. The van der Waals surface area contributed by atoms with Gasteiger partial charge in [-0.2, -0.15) is 0 Å². The van der Waals surface area contributed by atoms with E-state index in [1.165, 1.54) is 11.8 Å². The number of benzene rings is 3. The van der Waals surface area contributed by atoms with Crippen molar-refractivity contribution in [1.82, 2.24) is 9.80 Å². The van der Waals surface area contributed by atoms with Crippen LogP contribution >= 0.6 is 11.8 Å². The number of ether oxygens (including phenoxy) is 1. The number of esters is 1. The number of rotatable bonds is 8. The van der Waals surface area contributed by atoms with E-state index in [-0.39, 0.29) is 18.9 Å². The first kappa shape index (κ1) is 27.5. The number of amidine groups is 1. The van der Waals surface area contributed by atoms with Crippen LogP contribution in [0.15, 0.2) is 106 Å². The minimum absolute atomic E-state index is 0.00357.